The first kappa shape index (κ1) is 21.4. The second-order valence-corrected chi connectivity index (χ2v) is 9.58. The molecule has 2 fully saturated rings. The molecule has 3 aliphatic rings. The van der Waals surface area contributed by atoms with Crippen LogP contribution in [-0.4, -0.2) is 53.4 Å². The maximum atomic E-state index is 13.2. The van der Waals surface area contributed by atoms with Gasteiger partial charge in [-0.3, -0.25) is 14.9 Å². The molecule has 2 saturated heterocycles. The average molecular weight is 448 g/mol. The maximum absolute atomic E-state index is 13.2. The van der Waals surface area contributed by atoms with Crippen LogP contribution in [0.3, 0.4) is 0 Å². The van der Waals surface area contributed by atoms with Crippen molar-refractivity contribution in [1.82, 2.24) is 20.5 Å². The van der Waals surface area contributed by atoms with E-state index in [1.807, 2.05) is 24.9 Å². The number of nitrogens with one attached hydrogen (secondary N) is 2. The number of benzene rings is 1. The lowest BCUT2D eigenvalue weighted by Crippen LogP contribution is -2.48. The Kier molecular flexibility index (Phi) is 5.11. The number of hydrogen-bond acceptors (Lipinski definition) is 5. The molecule has 4 amide bonds. The minimum absolute atomic E-state index is 0.0150. The van der Waals surface area contributed by atoms with Crippen molar-refractivity contribution in [2.24, 2.45) is 5.92 Å². The Bertz CT molecular complexity index is 1130. The molecule has 3 aliphatic heterocycles. The van der Waals surface area contributed by atoms with E-state index < -0.39 is 11.6 Å². The molecule has 2 N–H and O–H groups in total. The number of pyridine rings is 1. The lowest BCUT2D eigenvalue weighted by molar-refractivity contribution is -0.125. The Morgan fingerprint density at radius 3 is 2.61 bits per heavy atom. The number of likely N-dealkylation sites (tertiary alicyclic amines) is 1. The molecular formula is C25H29N5O3. The first-order chi connectivity index (χ1) is 15.8. The van der Waals surface area contributed by atoms with E-state index in [0.717, 1.165) is 25.2 Å². The van der Waals surface area contributed by atoms with Gasteiger partial charge in [0, 0.05) is 37.4 Å². The SMILES string of the molecule is Cc1cnc2c(c1)CCN2C1CCN(C(=O)c2ccc(C3(C(C)C)NC(=O)NC3=O)cc2)C1. The molecule has 8 nitrogen and oxygen atoms in total. The molecule has 33 heavy (non-hydrogen) atoms. The largest absolute Gasteiger partial charge is 0.351 e. The van der Waals surface area contributed by atoms with Crippen LogP contribution in [0.5, 0.6) is 0 Å². The zero-order valence-corrected chi connectivity index (χ0v) is 19.2. The zero-order chi connectivity index (χ0) is 23.3. The van der Waals surface area contributed by atoms with Crippen molar-refractivity contribution in [3.05, 3.63) is 58.8 Å². The van der Waals surface area contributed by atoms with E-state index in [4.69, 9.17) is 0 Å². The van der Waals surface area contributed by atoms with E-state index in [9.17, 15) is 14.4 Å². The van der Waals surface area contributed by atoms with Crippen molar-refractivity contribution in [2.45, 2.75) is 45.2 Å². The fourth-order valence-corrected chi connectivity index (χ4v) is 5.42. The van der Waals surface area contributed by atoms with Crippen molar-refractivity contribution in [1.29, 1.82) is 0 Å². The van der Waals surface area contributed by atoms with Crippen molar-refractivity contribution in [2.75, 3.05) is 24.5 Å². The molecule has 0 radical (unpaired) electrons. The van der Waals surface area contributed by atoms with E-state index in [-0.39, 0.29) is 23.8 Å². The lowest BCUT2D eigenvalue weighted by Gasteiger charge is -2.31. The van der Waals surface area contributed by atoms with Crippen LogP contribution in [0.25, 0.3) is 0 Å². The highest BCUT2D eigenvalue weighted by Crippen LogP contribution is 2.34. The third-order valence-corrected chi connectivity index (χ3v) is 7.21. The third-order valence-electron chi connectivity index (χ3n) is 7.21. The Balaban J connectivity index is 1.30. The fourth-order valence-electron chi connectivity index (χ4n) is 5.42. The second-order valence-electron chi connectivity index (χ2n) is 9.58. The van der Waals surface area contributed by atoms with Crippen LogP contribution in [-0.2, 0) is 16.8 Å². The molecule has 1 aromatic heterocycles. The quantitative estimate of drug-likeness (QED) is 0.702. The molecule has 4 heterocycles. The van der Waals surface area contributed by atoms with Crippen LogP contribution in [0.4, 0.5) is 10.6 Å². The highest BCUT2D eigenvalue weighted by atomic mass is 16.2. The Labute approximate surface area is 193 Å². The van der Waals surface area contributed by atoms with Crippen LogP contribution >= 0.6 is 0 Å². The molecule has 0 spiro atoms. The molecule has 2 atom stereocenters. The summed E-state index contributed by atoms with van der Waals surface area (Å²) in [6.07, 6.45) is 3.83. The van der Waals surface area contributed by atoms with Crippen LogP contribution in [0, 0.1) is 12.8 Å². The molecule has 1 aromatic carbocycles. The van der Waals surface area contributed by atoms with Gasteiger partial charge in [0.25, 0.3) is 11.8 Å². The van der Waals surface area contributed by atoms with Gasteiger partial charge >= 0.3 is 6.03 Å². The van der Waals surface area contributed by atoms with Gasteiger partial charge in [-0.1, -0.05) is 32.0 Å². The first-order valence-electron chi connectivity index (χ1n) is 11.5. The molecular weight excluding hydrogens is 418 g/mol. The van der Waals surface area contributed by atoms with Gasteiger partial charge in [0.2, 0.25) is 0 Å². The van der Waals surface area contributed by atoms with Gasteiger partial charge < -0.3 is 15.1 Å². The Morgan fingerprint density at radius 1 is 1.18 bits per heavy atom. The van der Waals surface area contributed by atoms with Gasteiger partial charge in [-0.15, -0.1) is 0 Å². The topological polar surface area (TPSA) is 94.6 Å². The summed E-state index contributed by atoms with van der Waals surface area (Å²) in [4.78, 5) is 46.5. The summed E-state index contributed by atoms with van der Waals surface area (Å²) in [5.74, 6) is 0.531. The van der Waals surface area contributed by atoms with Gasteiger partial charge in [0.05, 0.1) is 0 Å². The number of anilines is 1. The highest BCUT2D eigenvalue weighted by Gasteiger charge is 2.50. The Morgan fingerprint density at radius 2 is 1.94 bits per heavy atom. The fraction of sp³-hybridized carbons (Fsp3) is 0.440. The summed E-state index contributed by atoms with van der Waals surface area (Å²) < 4.78 is 0. The van der Waals surface area contributed by atoms with Crippen LogP contribution in [0.15, 0.2) is 36.5 Å². The number of fused-ring (bicyclic) bond motifs is 1. The molecule has 0 aliphatic carbocycles. The molecule has 5 rings (SSSR count). The Hall–Kier alpha value is -3.42. The standard InChI is InChI=1S/C25H29N5O3/c1-15(2)25(23(32)27-24(33)28-25)19-6-4-17(5-7-19)22(31)29-10-9-20(14-29)30-11-8-18-12-16(3)13-26-21(18)30/h4-7,12-13,15,20H,8-11,14H2,1-3H3,(H2,27,28,32,33). The smallest absolute Gasteiger partial charge is 0.322 e. The number of imide groups is 1. The van der Waals surface area contributed by atoms with Gasteiger partial charge in [-0.25, -0.2) is 9.78 Å². The number of hydrogen-bond donors (Lipinski definition) is 2. The second kappa shape index (κ2) is 7.86. The van der Waals surface area contributed by atoms with Gasteiger partial charge in [0.1, 0.15) is 11.4 Å². The van der Waals surface area contributed by atoms with E-state index >= 15 is 0 Å². The maximum Gasteiger partial charge on any atom is 0.322 e. The summed E-state index contributed by atoms with van der Waals surface area (Å²) in [7, 11) is 0. The normalized spacial score (nSPS) is 24.3. The first-order valence-corrected chi connectivity index (χ1v) is 11.5. The van der Waals surface area contributed by atoms with Crippen LogP contribution in [0.2, 0.25) is 0 Å². The van der Waals surface area contributed by atoms with E-state index in [2.05, 4.69) is 33.5 Å². The van der Waals surface area contributed by atoms with Crippen LogP contribution in [0.1, 0.15) is 47.3 Å². The van der Waals surface area contributed by atoms with Gasteiger partial charge in [0.15, 0.2) is 0 Å². The number of rotatable bonds is 4. The van der Waals surface area contributed by atoms with Crippen molar-refractivity contribution >= 4 is 23.7 Å². The van der Waals surface area contributed by atoms with Crippen molar-refractivity contribution in [3.8, 4) is 0 Å². The predicted octanol–water partition coefficient (Wildman–Crippen LogP) is 2.36. The summed E-state index contributed by atoms with van der Waals surface area (Å²) >= 11 is 0. The predicted molar refractivity (Wildman–Crippen MR) is 124 cm³/mol. The number of aryl methyl sites for hydroxylation is 1. The lowest BCUT2D eigenvalue weighted by atomic mass is 9.79. The molecule has 0 saturated carbocycles. The number of carbonyl (C=O) groups is 3. The minimum atomic E-state index is -1.12. The average Bonchev–Trinajstić information content (AvgIpc) is 3.50. The monoisotopic (exact) mass is 447 g/mol. The van der Waals surface area contributed by atoms with Gasteiger partial charge in [-0.2, -0.15) is 0 Å². The molecule has 8 heteroatoms. The number of carbonyl (C=O) groups excluding carboxylic acids is 3. The van der Waals surface area contributed by atoms with Crippen LogP contribution < -0.4 is 15.5 Å². The summed E-state index contributed by atoms with van der Waals surface area (Å²) in [6.45, 7) is 8.16. The number of urea groups is 1. The van der Waals surface area contributed by atoms with E-state index in [1.165, 1.54) is 11.1 Å². The number of amides is 4. The summed E-state index contributed by atoms with van der Waals surface area (Å²) in [5.41, 5.74) is 2.60. The molecule has 0 bridgehead atoms. The highest BCUT2D eigenvalue weighted by molar-refractivity contribution is 6.07. The number of aromatic nitrogens is 1. The molecule has 2 aromatic rings. The molecule has 2 unspecified atom stereocenters. The minimum Gasteiger partial charge on any atom is -0.351 e. The van der Waals surface area contributed by atoms with Gasteiger partial charge in [-0.05, 0) is 54.5 Å². The molecule has 172 valence electrons. The number of nitrogens with zero attached hydrogens (tertiary/aromatic N) is 3. The van der Waals surface area contributed by atoms with E-state index in [1.54, 1.807) is 24.3 Å². The summed E-state index contributed by atoms with van der Waals surface area (Å²) in [5, 5.41) is 5.12. The van der Waals surface area contributed by atoms with E-state index in [0.29, 0.717) is 24.2 Å². The summed E-state index contributed by atoms with van der Waals surface area (Å²) in [6, 6.07) is 9.03. The zero-order valence-electron chi connectivity index (χ0n) is 19.2. The van der Waals surface area contributed by atoms with Crippen molar-refractivity contribution < 1.29 is 14.4 Å². The van der Waals surface area contributed by atoms with Crippen molar-refractivity contribution in [3.63, 3.8) is 0 Å². The third kappa shape index (κ3) is 3.44.